The number of carbonyl (C=O) groups excluding carboxylic acids is 1. The number of aromatic carboxylic acids is 1. The van der Waals surface area contributed by atoms with Crippen LogP contribution in [0.4, 0.5) is 13.2 Å². The molecule has 0 unspecified atom stereocenters. The van der Waals surface area contributed by atoms with Crippen molar-refractivity contribution in [2.45, 2.75) is 0 Å². The molecule has 14 heavy (non-hydrogen) atoms. The molecule has 0 saturated heterocycles. The second kappa shape index (κ2) is 3.49. The topological polar surface area (TPSA) is 54.4 Å². The third kappa shape index (κ3) is 1.46. The second-order valence-electron chi connectivity index (χ2n) is 2.37. The zero-order chi connectivity index (χ0) is 10.9. The standard InChI is InChI=1S/C8H3F3O3/c9-4-1-3(2-12)6(10)7(11)5(4)8(13)14/h1-2H,(H,13,14). The first-order valence-corrected chi connectivity index (χ1v) is 3.35. The minimum absolute atomic E-state index is 0.104. The van der Waals surface area contributed by atoms with Gasteiger partial charge in [0.15, 0.2) is 17.9 Å². The molecule has 0 radical (unpaired) electrons. The van der Waals surface area contributed by atoms with Crippen LogP contribution in [-0.2, 0) is 0 Å². The molecule has 1 aromatic rings. The van der Waals surface area contributed by atoms with Gasteiger partial charge in [-0.25, -0.2) is 18.0 Å². The lowest BCUT2D eigenvalue weighted by molar-refractivity contribution is 0.0684. The van der Waals surface area contributed by atoms with E-state index in [9.17, 15) is 22.8 Å². The summed E-state index contributed by atoms with van der Waals surface area (Å²) in [4.78, 5) is 20.4. The molecule has 0 saturated carbocycles. The van der Waals surface area contributed by atoms with E-state index < -0.39 is 34.5 Å². The molecule has 0 fully saturated rings. The Hall–Kier alpha value is -1.85. The normalized spacial score (nSPS) is 9.93. The quantitative estimate of drug-likeness (QED) is 0.588. The number of carboxylic acids is 1. The summed E-state index contributed by atoms with van der Waals surface area (Å²) in [7, 11) is 0. The molecule has 1 rings (SSSR count). The summed E-state index contributed by atoms with van der Waals surface area (Å²) >= 11 is 0. The Kier molecular flexibility index (Phi) is 2.55. The van der Waals surface area contributed by atoms with Gasteiger partial charge < -0.3 is 5.11 Å². The fraction of sp³-hybridized carbons (Fsp3) is 0. The molecule has 0 bridgehead atoms. The summed E-state index contributed by atoms with van der Waals surface area (Å²) in [5, 5.41) is 8.30. The van der Waals surface area contributed by atoms with Gasteiger partial charge in [0.05, 0.1) is 5.56 Å². The van der Waals surface area contributed by atoms with Gasteiger partial charge in [0.1, 0.15) is 11.4 Å². The van der Waals surface area contributed by atoms with Gasteiger partial charge in [-0.05, 0) is 6.07 Å². The van der Waals surface area contributed by atoms with Crippen molar-refractivity contribution in [3.05, 3.63) is 34.6 Å². The van der Waals surface area contributed by atoms with Crippen LogP contribution < -0.4 is 0 Å². The molecule has 1 N–H and O–H groups in total. The van der Waals surface area contributed by atoms with E-state index in [2.05, 4.69) is 0 Å². The molecule has 74 valence electrons. The Morgan fingerprint density at radius 2 is 1.86 bits per heavy atom. The lowest BCUT2D eigenvalue weighted by atomic mass is 10.1. The summed E-state index contributed by atoms with van der Waals surface area (Å²) in [5.41, 5.74) is -2.27. The largest absolute Gasteiger partial charge is 0.477 e. The van der Waals surface area contributed by atoms with Gasteiger partial charge in [0.25, 0.3) is 0 Å². The van der Waals surface area contributed by atoms with E-state index in [0.717, 1.165) is 0 Å². The highest BCUT2D eigenvalue weighted by Crippen LogP contribution is 2.18. The molecule has 0 heterocycles. The summed E-state index contributed by atoms with van der Waals surface area (Å²) < 4.78 is 38.4. The van der Waals surface area contributed by atoms with E-state index >= 15 is 0 Å². The third-order valence-electron chi connectivity index (χ3n) is 1.53. The molecule has 0 aliphatic heterocycles. The van der Waals surface area contributed by atoms with Crippen LogP contribution in [0.3, 0.4) is 0 Å². The summed E-state index contributed by atoms with van der Waals surface area (Å²) in [6.07, 6.45) is -0.104. The second-order valence-corrected chi connectivity index (χ2v) is 2.37. The molecule has 0 aliphatic rings. The highest BCUT2D eigenvalue weighted by molar-refractivity contribution is 5.89. The van der Waals surface area contributed by atoms with Gasteiger partial charge in [-0.15, -0.1) is 0 Å². The van der Waals surface area contributed by atoms with Crippen molar-refractivity contribution in [1.82, 2.24) is 0 Å². The van der Waals surface area contributed by atoms with E-state index in [4.69, 9.17) is 5.11 Å². The minimum Gasteiger partial charge on any atom is -0.477 e. The van der Waals surface area contributed by atoms with Gasteiger partial charge in [-0.1, -0.05) is 0 Å². The number of aldehydes is 1. The number of hydrogen-bond acceptors (Lipinski definition) is 2. The first-order chi connectivity index (χ1) is 6.49. The van der Waals surface area contributed by atoms with E-state index in [1.54, 1.807) is 0 Å². The first kappa shape index (κ1) is 10.2. The lowest BCUT2D eigenvalue weighted by Crippen LogP contribution is -2.09. The Bertz CT molecular complexity index is 415. The van der Waals surface area contributed by atoms with E-state index in [1.165, 1.54) is 0 Å². The SMILES string of the molecule is O=Cc1cc(F)c(C(=O)O)c(F)c1F. The maximum absolute atomic E-state index is 12.8. The Morgan fingerprint density at radius 1 is 1.29 bits per heavy atom. The number of carbonyl (C=O) groups is 2. The van der Waals surface area contributed by atoms with Crippen molar-refractivity contribution in [2.24, 2.45) is 0 Å². The highest BCUT2D eigenvalue weighted by atomic mass is 19.2. The molecule has 0 aliphatic carbocycles. The molecule has 3 nitrogen and oxygen atoms in total. The molecular formula is C8H3F3O3. The minimum atomic E-state index is -1.93. The van der Waals surface area contributed by atoms with Crippen LogP contribution in [0.5, 0.6) is 0 Å². The maximum Gasteiger partial charge on any atom is 0.341 e. The van der Waals surface area contributed by atoms with Gasteiger partial charge >= 0.3 is 5.97 Å². The monoisotopic (exact) mass is 204 g/mol. The van der Waals surface area contributed by atoms with Crippen molar-refractivity contribution >= 4 is 12.3 Å². The Morgan fingerprint density at radius 3 is 2.29 bits per heavy atom. The maximum atomic E-state index is 12.8. The third-order valence-corrected chi connectivity index (χ3v) is 1.53. The van der Waals surface area contributed by atoms with Crippen LogP contribution in [0.15, 0.2) is 6.07 Å². The number of benzene rings is 1. The Labute approximate surface area is 75.8 Å². The van der Waals surface area contributed by atoms with Crippen molar-refractivity contribution in [3.63, 3.8) is 0 Å². The van der Waals surface area contributed by atoms with E-state index in [0.29, 0.717) is 6.07 Å². The van der Waals surface area contributed by atoms with Crippen molar-refractivity contribution < 1.29 is 27.9 Å². The zero-order valence-electron chi connectivity index (χ0n) is 6.55. The zero-order valence-corrected chi connectivity index (χ0v) is 6.55. The molecule has 0 atom stereocenters. The molecule has 0 spiro atoms. The molecule has 6 heteroatoms. The van der Waals surface area contributed by atoms with Crippen LogP contribution in [0.25, 0.3) is 0 Å². The van der Waals surface area contributed by atoms with E-state index in [-0.39, 0.29) is 6.29 Å². The van der Waals surface area contributed by atoms with Crippen LogP contribution in [0.1, 0.15) is 20.7 Å². The summed E-state index contributed by atoms with van der Waals surface area (Å²) in [5.74, 6) is -6.96. The number of carboxylic acid groups (broad SMARTS) is 1. The van der Waals surface area contributed by atoms with Crippen LogP contribution in [0.2, 0.25) is 0 Å². The number of hydrogen-bond donors (Lipinski definition) is 1. The Balaban J connectivity index is 3.56. The smallest absolute Gasteiger partial charge is 0.341 e. The highest BCUT2D eigenvalue weighted by Gasteiger charge is 2.23. The van der Waals surface area contributed by atoms with Crippen molar-refractivity contribution in [3.8, 4) is 0 Å². The predicted molar refractivity (Wildman–Crippen MR) is 38.7 cm³/mol. The molecule has 0 amide bonds. The predicted octanol–water partition coefficient (Wildman–Crippen LogP) is 1.61. The summed E-state index contributed by atoms with van der Waals surface area (Å²) in [6, 6.07) is 0.328. The first-order valence-electron chi connectivity index (χ1n) is 3.35. The number of halogens is 3. The molecule has 1 aromatic carbocycles. The van der Waals surface area contributed by atoms with Gasteiger partial charge in [-0.2, -0.15) is 0 Å². The van der Waals surface area contributed by atoms with Crippen molar-refractivity contribution in [1.29, 1.82) is 0 Å². The lowest BCUT2D eigenvalue weighted by Gasteiger charge is -2.02. The van der Waals surface area contributed by atoms with Crippen molar-refractivity contribution in [2.75, 3.05) is 0 Å². The fourth-order valence-electron chi connectivity index (χ4n) is 0.895. The van der Waals surface area contributed by atoms with Crippen LogP contribution in [-0.4, -0.2) is 17.4 Å². The van der Waals surface area contributed by atoms with Crippen LogP contribution >= 0.6 is 0 Å². The van der Waals surface area contributed by atoms with E-state index in [1.807, 2.05) is 0 Å². The van der Waals surface area contributed by atoms with Gasteiger partial charge in [-0.3, -0.25) is 4.79 Å². The number of rotatable bonds is 2. The van der Waals surface area contributed by atoms with Gasteiger partial charge in [0, 0.05) is 0 Å². The average molecular weight is 204 g/mol. The molecular weight excluding hydrogens is 201 g/mol. The van der Waals surface area contributed by atoms with Crippen LogP contribution in [0, 0.1) is 17.5 Å². The summed E-state index contributed by atoms with van der Waals surface area (Å²) in [6.45, 7) is 0. The average Bonchev–Trinajstić information content (AvgIpc) is 2.10. The van der Waals surface area contributed by atoms with Gasteiger partial charge in [0.2, 0.25) is 0 Å². The fourth-order valence-corrected chi connectivity index (χ4v) is 0.895. The molecule has 0 aromatic heterocycles.